The molecule has 1 rings (SSSR count). The third kappa shape index (κ3) is 3.97. The Morgan fingerprint density at radius 2 is 1.86 bits per heavy atom. The Kier molecular flexibility index (Phi) is 6.69. The molecule has 2 unspecified atom stereocenters. The Labute approximate surface area is 127 Å². The van der Waals surface area contributed by atoms with Gasteiger partial charge in [0.05, 0.1) is 13.7 Å². The van der Waals surface area contributed by atoms with Crippen molar-refractivity contribution in [1.29, 1.82) is 0 Å². The summed E-state index contributed by atoms with van der Waals surface area (Å²) in [5.41, 5.74) is 0.0992. The highest BCUT2D eigenvalue weighted by atomic mass is 16.5. The third-order valence-corrected chi connectivity index (χ3v) is 3.84. The van der Waals surface area contributed by atoms with E-state index in [0.717, 1.165) is 17.7 Å². The fraction of sp³-hybridized carbons (Fsp3) is 0.588. The second-order valence-corrected chi connectivity index (χ2v) is 5.16. The molecular weight excluding hydrogens is 266 g/mol. The van der Waals surface area contributed by atoms with Crippen LogP contribution in [0.2, 0.25) is 0 Å². The highest BCUT2D eigenvalue weighted by molar-refractivity contribution is 5.82. The maximum atomic E-state index is 12.6. The summed E-state index contributed by atoms with van der Waals surface area (Å²) in [4.78, 5) is 12.6. The van der Waals surface area contributed by atoms with Gasteiger partial charge in [0.15, 0.2) is 0 Å². The van der Waals surface area contributed by atoms with Crippen LogP contribution in [0.4, 0.5) is 0 Å². The van der Waals surface area contributed by atoms with Gasteiger partial charge in [0.1, 0.15) is 11.3 Å². The minimum atomic E-state index is -0.808. The highest BCUT2D eigenvalue weighted by Crippen LogP contribution is 2.29. The number of ether oxygens (including phenoxy) is 2. The first kappa shape index (κ1) is 17.5. The molecule has 0 aliphatic heterocycles. The monoisotopic (exact) mass is 293 g/mol. The van der Waals surface area contributed by atoms with E-state index in [2.05, 4.69) is 19.2 Å². The Hall–Kier alpha value is -1.55. The van der Waals surface area contributed by atoms with Crippen LogP contribution in [0, 0.1) is 0 Å². The average Bonchev–Trinajstić information content (AvgIpc) is 2.52. The molecule has 0 saturated carbocycles. The molecule has 0 aliphatic rings. The minimum absolute atomic E-state index is 0.219. The summed E-state index contributed by atoms with van der Waals surface area (Å²) in [5.74, 6) is 0.550. The molecule has 0 heterocycles. The molecule has 1 N–H and O–H groups in total. The number of carbonyl (C=O) groups excluding carboxylic acids is 1. The number of nitrogens with one attached hydrogen (secondary N) is 1. The van der Waals surface area contributed by atoms with Gasteiger partial charge in [0.2, 0.25) is 0 Å². The molecule has 0 aromatic heterocycles. The van der Waals surface area contributed by atoms with Gasteiger partial charge in [-0.05, 0) is 44.4 Å². The number of hydrogen-bond acceptors (Lipinski definition) is 4. The van der Waals surface area contributed by atoms with Gasteiger partial charge in [-0.15, -0.1) is 0 Å². The summed E-state index contributed by atoms with van der Waals surface area (Å²) in [7, 11) is 1.63. The smallest absolute Gasteiger partial charge is 0.330 e. The molecule has 0 aliphatic carbocycles. The van der Waals surface area contributed by atoms with Crippen molar-refractivity contribution in [2.45, 2.75) is 52.1 Å². The third-order valence-electron chi connectivity index (χ3n) is 3.84. The molecule has 0 fully saturated rings. The maximum Gasteiger partial charge on any atom is 0.330 e. The summed E-state index contributed by atoms with van der Waals surface area (Å²) >= 11 is 0. The fourth-order valence-corrected chi connectivity index (χ4v) is 2.36. The first-order valence-corrected chi connectivity index (χ1v) is 7.63. The number of esters is 1. The molecule has 0 bridgehead atoms. The lowest BCUT2D eigenvalue weighted by Gasteiger charge is -2.34. The molecule has 1 aromatic carbocycles. The van der Waals surface area contributed by atoms with Crippen LogP contribution in [0.25, 0.3) is 0 Å². The van der Waals surface area contributed by atoms with Crippen LogP contribution in [0.3, 0.4) is 0 Å². The number of benzene rings is 1. The Bertz CT molecular complexity index is 444. The lowest BCUT2D eigenvalue weighted by molar-refractivity contribution is -0.152. The van der Waals surface area contributed by atoms with Crippen molar-refractivity contribution >= 4 is 5.97 Å². The standard InChI is InChI=1S/C17H27NO3/c1-6-13(4)18-17(7-2,16(19)21-8-3)14-9-11-15(20-5)12-10-14/h9-13,18H,6-8H2,1-5H3. The quantitative estimate of drug-likeness (QED) is 0.747. The van der Waals surface area contributed by atoms with Gasteiger partial charge in [-0.3, -0.25) is 5.32 Å². The van der Waals surface area contributed by atoms with Gasteiger partial charge in [0.25, 0.3) is 0 Å². The molecule has 21 heavy (non-hydrogen) atoms. The van der Waals surface area contributed by atoms with Crippen LogP contribution in [-0.2, 0) is 15.1 Å². The largest absolute Gasteiger partial charge is 0.497 e. The molecule has 1 aromatic rings. The van der Waals surface area contributed by atoms with Crippen LogP contribution in [0.5, 0.6) is 5.75 Å². The SMILES string of the molecule is CCOC(=O)C(CC)(NC(C)CC)c1ccc(OC)cc1. The van der Waals surface area contributed by atoms with E-state index in [1.54, 1.807) is 7.11 Å². The van der Waals surface area contributed by atoms with Crippen molar-refractivity contribution in [3.8, 4) is 5.75 Å². The number of methoxy groups -OCH3 is 1. The van der Waals surface area contributed by atoms with E-state index in [1.165, 1.54) is 0 Å². The predicted octanol–water partition coefficient (Wildman–Crippen LogP) is 3.25. The van der Waals surface area contributed by atoms with Gasteiger partial charge in [0, 0.05) is 6.04 Å². The van der Waals surface area contributed by atoms with E-state index >= 15 is 0 Å². The molecule has 118 valence electrons. The van der Waals surface area contributed by atoms with Crippen LogP contribution in [0.1, 0.15) is 46.1 Å². The fourth-order valence-electron chi connectivity index (χ4n) is 2.36. The zero-order valence-corrected chi connectivity index (χ0v) is 13.7. The van der Waals surface area contributed by atoms with Crippen LogP contribution >= 0.6 is 0 Å². The zero-order valence-electron chi connectivity index (χ0n) is 13.7. The topological polar surface area (TPSA) is 47.6 Å². The molecule has 0 saturated heterocycles. The normalized spacial score (nSPS) is 15.1. The van der Waals surface area contributed by atoms with E-state index in [-0.39, 0.29) is 12.0 Å². The summed E-state index contributed by atoms with van der Waals surface area (Å²) < 4.78 is 10.5. The predicted molar refractivity (Wildman–Crippen MR) is 84.5 cm³/mol. The van der Waals surface area contributed by atoms with Crippen molar-refractivity contribution in [1.82, 2.24) is 5.32 Å². The molecule has 4 heteroatoms. The van der Waals surface area contributed by atoms with Crippen molar-refractivity contribution in [3.05, 3.63) is 29.8 Å². The van der Waals surface area contributed by atoms with Crippen molar-refractivity contribution in [2.24, 2.45) is 0 Å². The second kappa shape index (κ2) is 8.03. The summed E-state index contributed by atoms with van der Waals surface area (Å²) in [5, 5.41) is 3.45. The Morgan fingerprint density at radius 1 is 1.24 bits per heavy atom. The summed E-state index contributed by atoms with van der Waals surface area (Å²) in [6, 6.07) is 7.81. The highest BCUT2D eigenvalue weighted by Gasteiger charge is 2.40. The summed E-state index contributed by atoms with van der Waals surface area (Å²) in [6.45, 7) is 8.37. The van der Waals surface area contributed by atoms with Crippen molar-refractivity contribution < 1.29 is 14.3 Å². The van der Waals surface area contributed by atoms with E-state index < -0.39 is 5.54 Å². The lowest BCUT2D eigenvalue weighted by Crippen LogP contribution is -2.53. The van der Waals surface area contributed by atoms with E-state index in [1.807, 2.05) is 38.1 Å². The van der Waals surface area contributed by atoms with E-state index in [0.29, 0.717) is 13.0 Å². The van der Waals surface area contributed by atoms with E-state index in [4.69, 9.17) is 9.47 Å². The molecule has 2 atom stereocenters. The van der Waals surface area contributed by atoms with Crippen LogP contribution in [0.15, 0.2) is 24.3 Å². The van der Waals surface area contributed by atoms with Crippen LogP contribution in [-0.4, -0.2) is 25.7 Å². The molecule has 4 nitrogen and oxygen atoms in total. The van der Waals surface area contributed by atoms with Crippen LogP contribution < -0.4 is 10.1 Å². The van der Waals surface area contributed by atoms with Crippen molar-refractivity contribution in [2.75, 3.05) is 13.7 Å². The van der Waals surface area contributed by atoms with Gasteiger partial charge < -0.3 is 9.47 Å². The molecular formula is C17H27NO3. The Balaban J connectivity index is 3.22. The average molecular weight is 293 g/mol. The van der Waals surface area contributed by atoms with Gasteiger partial charge >= 0.3 is 5.97 Å². The second-order valence-electron chi connectivity index (χ2n) is 5.16. The number of rotatable bonds is 8. The molecule has 0 spiro atoms. The van der Waals surface area contributed by atoms with Crippen molar-refractivity contribution in [3.63, 3.8) is 0 Å². The number of carbonyl (C=O) groups is 1. The van der Waals surface area contributed by atoms with Gasteiger partial charge in [-0.25, -0.2) is 4.79 Å². The maximum absolute atomic E-state index is 12.6. The minimum Gasteiger partial charge on any atom is -0.497 e. The first-order valence-electron chi connectivity index (χ1n) is 7.63. The molecule has 0 amide bonds. The number of hydrogen-bond donors (Lipinski definition) is 1. The summed E-state index contributed by atoms with van der Waals surface area (Å²) in [6.07, 6.45) is 1.57. The molecule has 0 radical (unpaired) electrons. The van der Waals surface area contributed by atoms with Gasteiger partial charge in [-0.1, -0.05) is 26.0 Å². The lowest BCUT2D eigenvalue weighted by atomic mass is 9.86. The first-order chi connectivity index (χ1) is 10.0. The zero-order chi connectivity index (χ0) is 15.9. The van der Waals surface area contributed by atoms with Gasteiger partial charge in [-0.2, -0.15) is 0 Å². The van der Waals surface area contributed by atoms with E-state index in [9.17, 15) is 4.79 Å². The Morgan fingerprint density at radius 3 is 2.29 bits per heavy atom.